The van der Waals surface area contributed by atoms with Crippen LogP contribution in [-0.2, 0) is 4.79 Å². The van der Waals surface area contributed by atoms with Crippen molar-refractivity contribution in [3.63, 3.8) is 0 Å². The van der Waals surface area contributed by atoms with E-state index >= 15 is 0 Å². The fourth-order valence-electron chi connectivity index (χ4n) is 2.48. The Labute approximate surface area is 157 Å². The van der Waals surface area contributed by atoms with Gasteiger partial charge in [0.25, 0.3) is 0 Å². The molecule has 0 fully saturated rings. The third kappa shape index (κ3) is 4.44. The van der Waals surface area contributed by atoms with Crippen LogP contribution < -0.4 is 5.32 Å². The summed E-state index contributed by atoms with van der Waals surface area (Å²) in [6.45, 7) is 1.90. The highest BCUT2D eigenvalue weighted by molar-refractivity contribution is 8.00. The first-order valence-electron chi connectivity index (χ1n) is 7.98. The average molecular weight is 368 g/mol. The zero-order valence-corrected chi connectivity index (χ0v) is 15.3. The molecule has 1 amide bonds. The number of carbonyl (C=O) groups excluding carboxylic acids is 1. The van der Waals surface area contributed by atoms with Gasteiger partial charge in [-0.05, 0) is 42.3 Å². The second-order valence-electron chi connectivity index (χ2n) is 5.62. The Bertz CT molecular complexity index is 852. The molecule has 0 spiro atoms. The molecule has 1 N–H and O–H groups in total. The van der Waals surface area contributed by atoms with Crippen molar-refractivity contribution in [1.82, 2.24) is 0 Å². The molecule has 0 heterocycles. The number of hydrogen-bond acceptors (Lipinski definition) is 2. The van der Waals surface area contributed by atoms with Gasteiger partial charge in [-0.15, -0.1) is 11.8 Å². The van der Waals surface area contributed by atoms with Crippen LogP contribution in [-0.4, -0.2) is 5.91 Å². The monoisotopic (exact) mass is 367 g/mol. The number of hydrogen-bond donors (Lipinski definition) is 1. The van der Waals surface area contributed by atoms with Gasteiger partial charge >= 0.3 is 0 Å². The predicted molar refractivity (Wildman–Crippen MR) is 106 cm³/mol. The van der Waals surface area contributed by atoms with E-state index in [-0.39, 0.29) is 11.2 Å². The fourth-order valence-corrected chi connectivity index (χ4v) is 3.70. The minimum Gasteiger partial charge on any atom is -0.325 e. The topological polar surface area (TPSA) is 29.1 Å². The molecule has 2 nitrogen and oxygen atoms in total. The Balaban J connectivity index is 1.88. The molecular formula is C21H18ClNOS. The smallest absolute Gasteiger partial charge is 0.242 e. The molecule has 1 unspecified atom stereocenters. The van der Waals surface area contributed by atoms with Crippen LogP contribution in [0.1, 0.15) is 16.4 Å². The summed E-state index contributed by atoms with van der Waals surface area (Å²) in [7, 11) is 0. The average Bonchev–Trinajstić information content (AvgIpc) is 2.65. The Morgan fingerprint density at radius 3 is 2.24 bits per heavy atom. The fraction of sp³-hybridized carbons (Fsp3) is 0.0952. The van der Waals surface area contributed by atoms with Gasteiger partial charge in [0, 0.05) is 15.6 Å². The number of carbonyl (C=O) groups is 1. The van der Waals surface area contributed by atoms with Crippen molar-refractivity contribution in [2.45, 2.75) is 17.1 Å². The van der Waals surface area contributed by atoms with E-state index < -0.39 is 0 Å². The van der Waals surface area contributed by atoms with E-state index in [9.17, 15) is 4.79 Å². The Morgan fingerprint density at radius 1 is 0.920 bits per heavy atom. The van der Waals surface area contributed by atoms with Crippen molar-refractivity contribution in [1.29, 1.82) is 0 Å². The maximum absolute atomic E-state index is 13.0. The lowest BCUT2D eigenvalue weighted by Crippen LogP contribution is -2.19. The molecule has 3 rings (SSSR count). The minimum atomic E-state index is -0.345. The van der Waals surface area contributed by atoms with Gasteiger partial charge in [-0.2, -0.15) is 0 Å². The molecule has 0 aliphatic carbocycles. The molecular weight excluding hydrogens is 350 g/mol. The minimum absolute atomic E-state index is 0.0644. The zero-order valence-electron chi connectivity index (χ0n) is 13.8. The van der Waals surface area contributed by atoms with Crippen molar-refractivity contribution in [3.8, 4) is 0 Å². The van der Waals surface area contributed by atoms with Gasteiger partial charge in [0.05, 0.1) is 0 Å². The number of anilines is 1. The van der Waals surface area contributed by atoms with Crippen LogP contribution in [0.2, 0.25) is 5.02 Å². The third-order valence-electron chi connectivity index (χ3n) is 3.86. The van der Waals surface area contributed by atoms with Crippen molar-refractivity contribution < 1.29 is 4.79 Å². The van der Waals surface area contributed by atoms with Gasteiger partial charge in [0.15, 0.2) is 0 Å². The summed E-state index contributed by atoms with van der Waals surface area (Å²) < 4.78 is 0. The first-order chi connectivity index (χ1) is 12.1. The van der Waals surface area contributed by atoms with Gasteiger partial charge < -0.3 is 5.32 Å². The van der Waals surface area contributed by atoms with E-state index in [0.29, 0.717) is 5.02 Å². The van der Waals surface area contributed by atoms with E-state index in [1.807, 2.05) is 85.8 Å². The molecule has 3 aromatic carbocycles. The molecule has 3 aromatic rings. The summed E-state index contributed by atoms with van der Waals surface area (Å²) in [6, 6.07) is 25.3. The van der Waals surface area contributed by atoms with Crippen LogP contribution in [0.5, 0.6) is 0 Å². The number of amides is 1. The van der Waals surface area contributed by atoms with Crippen LogP contribution in [0.4, 0.5) is 5.69 Å². The largest absolute Gasteiger partial charge is 0.325 e. The standard InChI is InChI=1S/C21H18ClNOS/c1-15-18(22)13-8-14-19(15)23-21(24)20(16-9-4-2-5-10-16)25-17-11-6-3-7-12-17/h2-14,20H,1H3,(H,23,24). The van der Waals surface area contributed by atoms with Gasteiger partial charge in [0.2, 0.25) is 5.91 Å². The molecule has 0 aromatic heterocycles. The van der Waals surface area contributed by atoms with Crippen molar-refractivity contribution >= 4 is 35.0 Å². The van der Waals surface area contributed by atoms with E-state index in [0.717, 1.165) is 21.7 Å². The molecule has 0 saturated heterocycles. The van der Waals surface area contributed by atoms with Gasteiger partial charge in [-0.3, -0.25) is 4.79 Å². The van der Waals surface area contributed by atoms with Crippen molar-refractivity contribution in [2.24, 2.45) is 0 Å². The lowest BCUT2D eigenvalue weighted by atomic mass is 10.1. The molecule has 126 valence electrons. The Morgan fingerprint density at radius 2 is 1.56 bits per heavy atom. The van der Waals surface area contributed by atoms with Crippen LogP contribution in [0.15, 0.2) is 83.8 Å². The zero-order chi connectivity index (χ0) is 17.6. The maximum atomic E-state index is 13.0. The summed E-state index contributed by atoms with van der Waals surface area (Å²) in [5.41, 5.74) is 2.58. The highest BCUT2D eigenvalue weighted by Crippen LogP contribution is 2.36. The molecule has 1 atom stereocenters. The SMILES string of the molecule is Cc1c(Cl)cccc1NC(=O)C(Sc1ccccc1)c1ccccc1. The van der Waals surface area contributed by atoms with E-state index in [1.54, 1.807) is 0 Å². The molecule has 25 heavy (non-hydrogen) atoms. The Hall–Kier alpha value is -2.23. The highest BCUT2D eigenvalue weighted by Gasteiger charge is 2.22. The number of nitrogens with one attached hydrogen (secondary N) is 1. The lowest BCUT2D eigenvalue weighted by Gasteiger charge is -2.18. The maximum Gasteiger partial charge on any atom is 0.242 e. The Kier molecular flexibility index (Phi) is 5.79. The molecule has 0 saturated carbocycles. The normalized spacial score (nSPS) is 11.8. The highest BCUT2D eigenvalue weighted by atomic mass is 35.5. The van der Waals surface area contributed by atoms with Crippen LogP contribution in [0, 0.1) is 6.92 Å². The number of thioether (sulfide) groups is 1. The molecule has 0 aliphatic heterocycles. The summed E-state index contributed by atoms with van der Waals surface area (Å²) in [5.74, 6) is -0.0644. The van der Waals surface area contributed by atoms with Gasteiger partial charge in [-0.1, -0.05) is 66.2 Å². The summed E-state index contributed by atoms with van der Waals surface area (Å²) >= 11 is 7.70. The summed E-state index contributed by atoms with van der Waals surface area (Å²) in [4.78, 5) is 14.1. The predicted octanol–water partition coefficient (Wildman–Crippen LogP) is 6.12. The summed E-state index contributed by atoms with van der Waals surface area (Å²) in [5, 5.41) is 3.32. The first-order valence-corrected chi connectivity index (χ1v) is 9.23. The molecule has 4 heteroatoms. The third-order valence-corrected chi connectivity index (χ3v) is 5.54. The van der Waals surface area contributed by atoms with Crippen LogP contribution in [0.3, 0.4) is 0 Å². The summed E-state index contributed by atoms with van der Waals surface area (Å²) in [6.07, 6.45) is 0. The van der Waals surface area contributed by atoms with Gasteiger partial charge in [-0.25, -0.2) is 0 Å². The quantitative estimate of drug-likeness (QED) is 0.550. The second-order valence-corrected chi connectivity index (χ2v) is 7.21. The number of halogens is 1. The van der Waals surface area contributed by atoms with Crippen molar-refractivity contribution in [2.75, 3.05) is 5.32 Å². The molecule has 0 aliphatic rings. The van der Waals surface area contributed by atoms with Gasteiger partial charge in [0.1, 0.15) is 5.25 Å². The van der Waals surface area contributed by atoms with Crippen molar-refractivity contribution in [3.05, 3.63) is 95.0 Å². The second kappa shape index (κ2) is 8.24. The van der Waals surface area contributed by atoms with E-state index in [1.165, 1.54) is 11.8 Å². The van der Waals surface area contributed by atoms with E-state index in [2.05, 4.69) is 5.32 Å². The van der Waals surface area contributed by atoms with E-state index in [4.69, 9.17) is 11.6 Å². The first kappa shape index (κ1) is 17.6. The number of rotatable bonds is 5. The lowest BCUT2D eigenvalue weighted by molar-refractivity contribution is -0.115. The van der Waals surface area contributed by atoms with Crippen LogP contribution in [0.25, 0.3) is 0 Å². The molecule has 0 radical (unpaired) electrons. The van der Waals surface area contributed by atoms with Crippen LogP contribution >= 0.6 is 23.4 Å². The number of benzene rings is 3. The molecule has 0 bridgehead atoms.